The van der Waals surface area contributed by atoms with Crippen molar-refractivity contribution >= 4 is 11.7 Å². The lowest BCUT2D eigenvalue weighted by Gasteiger charge is -2.14. The first-order valence-electron chi connectivity index (χ1n) is 6.65. The number of ketones is 1. The maximum Gasteiger partial charge on any atom is 0.248 e. The van der Waals surface area contributed by atoms with Crippen molar-refractivity contribution in [2.45, 2.75) is 20.0 Å². The van der Waals surface area contributed by atoms with E-state index in [9.17, 15) is 9.59 Å². The molecule has 2 rings (SSSR count). The summed E-state index contributed by atoms with van der Waals surface area (Å²) < 4.78 is 5.59. The zero-order valence-corrected chi connectivity index (χ0v) is 12.0. The van der Waals surface area contributed by atoms with Gasteiger partial charge in [0.15, 0.2) is 6.10 Å². The van der Waals surface area contributed by atoms with Gasteiger partial charge in [-0.2, -0.15) is 0 Å². The summed E-state index contributed by atoms with van der Waals surface area (Å²) in [5.41, 5.74) is 7.25. The van der Waals surface area contributed by atoms with Gasteiger partial charge in [0.25, 0.3) is 0 Å². The molecule has 0 saturated heterocycles. The molecular weight excluding hydrogens is 266 g/mol. The molecule has 0 spiro atoms. The summed E-state index contributed by atoms with van der Waals surface area (Å²) in [6, 6.07) is 13.8. The second kappa shape index (κ2) is 6.22. The molecule has 0 aliphatic carbocycles. The number of carbonyl (C=O) groups excluding carboxylic acids is 2. The van der Waals surface area contributed by atoms with Crippen molar-refractivity contribution in [3.63, 3.8) is 0 Å². The van der Waals surface area contributed by atoms with Gasteiger partial charge in [0.2, 0.25) is 11.7 Å². The fraction of sp³-hybridized carbons (Fsp3) is 0.176. The second-order valence-corrected chi connectivity index (χ2v) is 4.88. The predicted molar refractivity (Wildman–Crippen MR) is 80.6 cm³/mol. The molecule has 0 aliphatic heterocycles. The number of hydrogen-bond donors (Lipinski definition) is 1. The third-order valence-corrected chi connectivity index (χ3v) is 3.14. The molecule has 0 bridgehead atoms. The van der Waals surface area contributed by atoms with Crippen LogP contribution in [0.3, 0.4) is 0 Å². The van der Waals surface area contributed by atoms with Gasteiger partial charge < -0.3 is 10.5 Å². The Hall–Kier alpha value is -2.62. The lowest BCUT2D eigenvalue weighted by molar-refractivity contribution is 0.0818. The highest BCUT2D eigenvalue weighted by Crippen LogP contribution is 2.16. The Bertz CT molecular complexity index is 662. The molecule has 4 nitrogen and oxygen atoms in total. The van der Waals surface area contributed by atoms with Crippen molar-refractivity contribution in [3.05, 3.63) is 65.2 Å². The number of amides is 1. The van der Waals surface area contributed by atoms with E-state index in [1.165, 1.54) is 6.07 Å². The zero-order chi connectivity index (χ0) is 15.4. The van der Waals surface area contributed by atoms with E-state index in [4.69, 9.17) is 10.5 Å². The normalized spacial score (nSPS) is 11.7. The SMILES string of the molecule is Cc1ccc(C(=O)C(C)Oc2cccc(C(N)=O)c2)cc1. The smallest absolute Gasteiger partial charge is 0.248 e. The average Bonchev–Trinajstić information content (AvgIpc) is 2.47. The van der Waals surface area contributed by atoms with E-state index >= 15 is 0 Å². The maximum absolute atomic E-state index is 12.3. The fourth-order valence-corrected chi connectivity index (χ4v) is 1.93. The van der Waals surface area contributed by atoms with Crippen molar-refractivity contribution in [1.29, 1.82) is 0 Å². The van der Waals surface area contributed by atoms with Crippen LogP contribution in [0.4, 0.5) is 0 Å². The monoisotopic (exact) mass is 283 g/mol. The predicted octanol–water partition coefficient (Wildman–Crippen LogP) is 2.74. The largest absolute Gasteiger partial charge is 0.483 e. The third kappa shape index (κ3) is 3.69. The molecule has 2 aromatic rings. The van der Waals surface area contributed by atoms with Crippen LogP contribution in [0.5, 0.6) is 5.75 Å². The molecule has 1 atom stereocenters. The van der Waals surface area contributed by atoms with Gasteiger partial charge in [0.1, 0.15) is 5.75 Å². The molecule has 21 heavy (non-hydrogen) atoms. The van der Waals surface area contributed by atoms with Gasteiger partial charge in [-0.25, -0.2) is 0 Å². The lowest BCUT2D eigenvalue weighted by Crippen LogP contribution is -2.24. The summed E-state index contributed by atoms with van der Waals surface area (Å²) in [6.45, 7) is 3.64. The van der Waals surface area contributed by atoms with Gasteiger partial charge in [0, 0.05) is 11.1 Å². The second-order valence-electron chi connectivity index (χ2n) is 4.88. The van der Waals surface area contributed by atoms with E-state index in [0.29, 0.717) is 16.9 Å². The first kappa shape index (κ1) is 14.8. The minimum Gasteiger partial charge on any atom is -0.483 e. The van der Waals surface area contributed by atoms with E-state index in [-0.39, 0.29) is 5.78 Å². The highest BCUT2D eigenvalue weighted by Gasteiger charge is 2.17. The Balaban J connectivity index is 2.12. The number of ether oxygens (including phenoxy) is 1. The number of Topliss-reactive ketones (excluding diaryl/α,β-unsaturated/α-hetero) is 1. The summed E-state index contributed by atoms with van der Waals surface area (Å²) >= 11 is 0. The summed E-state index contributed by atoms with van der Waals surface area (Å²) in [4.78, 5) is 23.4. The van der Waals surface area contributed by atoms with E-state index in [2.05, 4.69) is 0 Å². The number of rotatable bonds is 5. The molecule has 4 heteroatoms. The number of benzene rings is 2. The molecule has 0 aromatic heterocycles. The zero-order valence-electron chi connectivity index (χ0n) is 12.0. The van der Waals surface area contributed by atoms with E-state index in [1.807, 2.05) is 19.1 Å². The quantitative estimate of drug-likeness (QED) is 0.858. The van der Waals surface area contributed by atoms with Crippen LogP contribution in [0, 0.1) is 6.92 Å². The Morgan fingerprint density at radius 3 is 2.33 bits per heavy atom. The fourth-order valence-electron chi connectivity index (χ4n) is 1.93. The molecule has 1 unspecified atom stereocenters. The van der Waals surface area contributed by atoms with E-state index < -0.39 is 12.0 Å². The molecule has 108 valence electrons. The van der Waals surface area contributed by atoms with Crippen LogP contribution in [0.25, 0.3) is 0 Å². The van der Waals surface area contributed by atoms with Crippen molar-refractivity contribution in [2.75, 3.05) is 0 Å². The van der Waals surface area contributed by atoms with Crippen molar-refractivity contribution < 1.29 is 14.3 Å². The molecule has 2 N–H and O–H groups in total. The number of hydrogen-bond acceptors (Lipinski definition) is 3. The number of aryl methyl sites for hydroxylation is 1. The Morgan fingerprint density at radius 2 is 1.71 bits per heavy atom. The molecule has 0 aliphatic rings. The Labute approximate surface area is 123 Å². The van der Waals surface area contributed by atoms with Gasteiger partial charge in [-0.1, -0.05) is 35.9 Å². The third-order valence-electron chi connectivity index (χ3n) is 3.14. The van der Waals surface area contributed by atoms with Gasteiger partial charge in [-0.15, -0.1) is 0 Å². The van der Waals surface area contributed by atoms with Gasteiger partial charge >= 0.3 is 0 Å². The molecule has 2 aromatic carbocycles. The molecule has 0 saturated carbocycles. The van der Waals surface area contributed by atoms with E-state index in [1.54, 1.807) is 37.3 Å². The first-order chi connectivity index (χ1) is 9.97. The molecule has 1 amide bonds. The Morgan fingerprint density at radius 1 is 1.05 bits per heavy atom. The van der Waals surface area contributed by atoms with Crippen LogP contribution in [-0.4, -0.2) is 17.8 Å². The summed E-state index contributed by atoms with van der Waals surface area (Å²) in [6.07, 6.45) is -0.643. The molecule has 0 radical (unpaired) electrons. The molecule has 0 heterocycles. The highest BCUT2D eigenvalue weighted by molar-refractivity contribution is 5.99. The molecular formula is C17H17NO3. The van der Waals surface area contributed by atoms with Gasteiger partial charge in [0.05, 0.1) is 0 Å². The maximum atomic E-state index is 12.3. The summed E-state index contributed by atoms with van der Waals surface area (Å²) in [5, 5.41) is 0. The van der Waals surface area contributed by atoms with E-state index in [0.717, 1.165) is 5.56 Å². The van der Waals surface area contributed by atoms with Crippen molar-refractivity contribution in [2.24, 2.45) is 5.73 Å². The standard InChI is InChI=1S/C17H17NO3/c1-11-6-8-13(9-7-11)16(19)12(2)21-15-5-3-4-14(10-15)17(18)20/h3-10,12H,1-2H3,(H2,18,20). The number of carbonyl (C=O) groups is 2. The van der Waals surface area contributed by atoms with Crippen LogP contribution in [-0.2, 0) is 0 Å². The van der Waals surface area contributed by atoms with Crippen LogP contribution < -0.4 is 10.5 Å². The minimum atomic E-state index is -0.643. The topological polar surface area (TPSA) is 69.4 Å². The lowest BCUT2D eigenvalue weighted by atomic mass is 10.1. The van der Waals surface area contributed by atoms with Crippen molar-refractivity contribution in [3.8, 4) is 5.75 Å². The Kier molecular flexibility index (Phi) is 4.38. The minimum absolute atomic E-state index is 0.112. The van der Waals surface area contributed by atoms with Crippen LogP contribution in [0.1, 0.15) is 33.2 Å². The number of primary amides is 1. The summed E-state index contributed by atoms with van der Waals surface area (Å²) in [7, 11) is 0. The van der Waals surface area contributed by atoms with Gasteiger partial charge in [-0.3, -0.25) is 9.59 Å². The van der Waals surface area contributed by atoms with Crippen LogP contribution in [0.15, 0.2) is 48.5 Å². The van der Waals surface area contributed by atoms with Crippen LogP contribution in [0.2, 0.25) is 0 Å². The first-order valence-corrected chi connectivity index (χ1v) is 6.65. The highest BCUT2D eigenvalue weighted by atomic mass is 16.5. The summed E-state index contributed by atoms with van der Waals surface area (Å²) in [5.74, 6) is -0.197. The van der Waals surface area contributed by atoms with Gasteiger partial charge in [-0.05, 0) is 32.0 Å². The van der Waals surface area contributed by atoms with Crippen LogP contribution >= 0.6 is 0 Å². The molecule has 0 fully saturated rings. The average molecular weight is 283 g/mol. The van der Waals surface area contributed by atoms with Crippen molar-refractivity contribution in [1.82, 2.24) is 0 Å². The number of nitrogens with two attached hydrogens (primary N) is 1.